The molecule has 0 radical (unpaired) electrons. The molecule has 0 aliphatic heterocycles. The molecule has 0 saturated heterocycles. The molecule has 4 aromatic rings. The Morgan fingerprint density at radius 3 is 2.60 bits per heavy atom. The molecule has 3 aromatic heterocycles. The molecule has 2 N–H and O–H groups in total. The number of carbonyl (C=O) groups is 2. The molecule has 1 amide bonds. The number of anilines is 2. The van der Waals surface area contributed by atoms with Crippen LogP contribution < -0.4 is 10.6 Å². The van der Waals surface area contributed by atoms with Crippen LogP contribution in [0.3, 0.4) is 0 Å². The van der Waals surface area contributed by atoms with Crippen molar-refractivity contribution in [1.82, 2.24) is 14.5 Å². The highest BCUT2D eigenvalue weighted by atomic mass is 16.5. The number of hydrogen-bond acceptors (Lipinski definition) is 6. The molecule has 8 heteroatoms. The summed E-state index contributed by atoms with van der Waals surface area (Å²) in [5.74, 6) is -0.679. The number of ether oxygens (including phenoxy) is 1. The Morgan fingerprint density at radius 2 is 1.91 bits per heavy atom. The number of fused-ring (bicyclic) bond motifs is 1. The molecule has 180 valence electrons. The first-order valence-electron chi connectivity index (χ1n) is 11.5. The first kappa shape index (κ1) is 23.9. The summed E-state index contributed by atoms with van der Waals surface area (Å²) in [6.45, 7) is 7.33. The van der Waals surface area contributed by atoms with Crippen LogP contribution in [0.5, 0.6) is 0 Å². The van der Waals surface area contributed by atoms with Gasteiger partial charge in [-0.25, -0.2) is 9.78 Å². The van der Waals surface area contributed by atoms with Gasteiger partial charge in [0.2, 0.25) is 0 Å². The van der Waals surface area contributed by atoms with Gasteiger partial charge in [0.25, 0.3) is 5.91 Å². The maximum Gasteiger partial charge on any atom is 0.356 e. The molecular weight excluding hydrogens is 442 g/mol. The highest BCUT2D eigenvalue weighted by Crippen LogP contribution is 2.33. The van der Waals surface area contributed by atoms with Crippen LogP contribution in [-0.4, -0.2) is 33.5 Å². The molecule has 35 heavy (non-hydrogen) atoms. The summed E-state index contributed by atoms with van der Waals surface area (Å²) in [7, 11) is 1.33. The SMILES string of the molecule is COC(=O)c1c(NC(=O)c2cccnc2)c2cc(NCc3ccccc3C)cnc2n1CC(C)C. The lowest BCUT2D eigenvalue weighted by atomic mass is 10.1. The van der Waals surface area contributed by atoms with Crippen molar-refractivity contribution < 1.29 is 14.3 Å². The van der Waals surface area contributed by atoms with E-state index in [1.165, 1.54) is 24.4 Å². The molecule has 0 saturated carbocycles. The molecule has 8 nitrogen and oxygen atoms in total. The Kier molecular flexibility index (Phi) is 7.10. The van der Waals surface area contributed by atoms with Crippen LogP contribution in [0.1, 0.15) is 45.8 Å². The summed E-state index contributed by atoms with van der Waals surface area (Å²) < 4.78 is 6.91. The second-order valence-electron chi connectivity index (χ2n) is 8.79. The first-order valence-corrected chi connectivity index (χ1v) is 11.5. The first-order chi connectivity index (χ1) is 16.9. The van der Waals surface area contributed by atoms with Crippen LogP contribution >= 0.6 is 0 Å². The molecule has 1 aromatic carbocycles. The third kappa shape index (κ3) is 5.16. The minimum atomic E-state index is -0.542. The third-order valence-corrected chi connectivity index (χ3v) is 5.73. The summed E-state index contributed by atoms with van der Waals surface area (Å²) in [5.41, 5.74) is 4.75. The average Bonchev–Trinajstić information content (AvgIpc) is 3.15. The maximum atomic E-state index is 13.0. The topological polar surface area (TPSA) is 98.1 Å². The van der Waals surface area contributed by atoms with Gasteiger partial charge in [0.1, 0.15) is 5.65 Å². The van der Waals surface area contributed by atoms with Crippen LogP contribution in [0.2, 0.25) is 0 Å². The Bertz CT molecular complexity index is 1360. The molecule has 0 aliphatic rings. The highest BCUT2D eigenvalue weighted by molar-refractivity contribution is 6.14. The smallest absolute Gasteiger partial charge is 0.356 e. The molecule has 0 unspecified atom stereocenters. The van der Waals surface area contributed by atoms with E-state index in [0.717, 1.165) is 5.69 Å². The number of nitrogens with one attached hydrogen (secondary N) is 2. The zero-order valence-corrected chi connectivity index (χ0v) is 20.3. The quantitative estimate of drug-likeness (QED) is 0.349. The minimum Gasteiger partial charge on any atom is -0.464 e. The fourth-order valence-electron chi connectivity index (χ4n) is 3.99. The number of carbonyl (C=O) groups excluding carboxylic acids is 2. The van der Waals surface area contributed by atoms with Gasteiger partial charge in [-0.05, 0) is 42.2 Å². The van der Waals surface area contributed by atoms with E-state index in [9.17, 15) is 9.59 Å². The summed E-state index contributed by atoms with van der Waals surface area (Å²) in [6.07, 6.45) is 4.82. The molecule has 4 rings (SSSR count). The van der Waals surface area contributed by atoms with Gasteiger partial charge in [0.05, 0.1) is 30.2 Å². The zero-order valence-electron chi connectivity index (χ0n) is 20.3. The number of benzene rings is 1. The molecule has 3 heterocycles. The number of nitrogens with zero attached hydrogens (tertiary/aromatic N) is 3. The number of methoxy groups -OCH3 is 1. The Balaban J connectivity index is 1.80. The maximum absolute atomic E-state index is 13.0. The van der Waals surface area contributed by atoms with Gasteiger partial charge in [-0.1, -0.05) is 38.1 Å². The van der Waals surface area contributed by atoms with E-state index in [-0.39, 0.29) is 17.5 Å². The monoisotopic (exact) mass is 471 g/mol. The predicted molar refractivity (Wildman–Crippen MR) is 137 cm³/mol. The van der Waals surface area contributed by atoms with Crippen molar-refractivity contribution in [3.05, 3.63) is 83.4 Å². The number of pyridine rings is 2. The van der Waals surface area contributed by atoms with Crippen molar-refractivity contribution in [1.29, 1.82) is 0 Å². The largest absolute Gasteiger partial charge is 0.464 e. The lowest BCUT2D eigenvalue weighted by Gasteiger charge is -2.12. The van der Waals surface area contributed by atoms with Crippen LogP contribution in [-0.2, 0) is 17.8 Å². The Hall–Kier alpha value is -4.20. The summed E-state index contributed by atoms with van der Waals surface area (Å²) in [5, 5.41) is 6.98. The minimum absolute atomic E-state index is 0.233. The average molecular weight is 472 g/mol. The molecule has 0 spiro atoms. The van der Waals surface area contributed by atoms with Gasteiger partial charge in [0.15, 0.2) is 5.69 Å². The summed E-state index contributed by atoms with van der Waals surface area (Å²) >= 11 is 0. The van der Waals surface area contributed by atoms with Crippen molar-refractivity contribution in [2.45, 2.75) is 33.9 Å². The van der Waals surface area contributed by atoms with Crippen LogP contribution in [0.25, 0.3) is 11.0 Å². The van der Waals surface area contributed by atoms with Gasteiger partial charge in [-0.3, -0.25) is 9.78 Å². The van der Waals surface area contributed by atoms with E-state index in [1.807, 2.05) is 22.8 Å². The Morgan fingerprint density at radius 1 is 1.11 bits per heavy atom. The molecular formula is C27H29N5O3. The fraction of sp³-hybridized carbons (Fsp3) is 0.259. The van der Waals surface area contributed by atoms with Crippen LogP contribution in [0, 0.1) is 12.8 Å². The standard InChI is InChI=1S/C27H29N5O3/c1-17(2)16-32-24(27(34)35-4)23(31-26(33)20-10-7-11-28-13-20)22-12-21(15-30-25(22)32)29-14-19-9-6-5-8-18(19)3/h5-13,15,17,29H,14,16H2,1-4H3,(H,31,33). The van der Waals surface area contributed by atoms with E-state index in [0.29, 0.717) is 35.4 Å². The van der Waals surface area contributed by atoms with E-state index in [1.54, 1.807) is 24.5 Å². The van der Waals surface area contributed by atoms with Gasteiger partial charge < -0.3 is 19.9 Å². The second-order valence-corrected chi connectivity index (χ2v) is 8.79. The van der Waals surface area contributed by atoms with Crippen molar-refractivity contribution in [2.24, 2.45) is 5.92 Å². The number of aryl methyl sites for hydroxylation is 1. The molecule has 0 bridgehead atoms. The van der Waals surface area contributed by atoms with Crippen molar-refractivity contribution in [3.63, 3.8) is 0 Å². The Labute approximate surface area is 204 Å². The van der Waals surface area contributed by atoms with E-state index < -0.39 is 5.97 Å². The number of rotatable bonds is 8. The fourth-order valence-corrected chi connectivity index (χ4v) is 3.99. The third-order valence-electron chi connectivity index (χ3n) is 5.73. The molecule has 0 aliphatic carbocycles. The second kappa shape index (κ2) is 10.4. The van der Waals surface area contributed by atoms with Gasteiger partial charge in [-0.2, -0.15) is 0 Å². The van der Waals surface area contributed by atoms with Gasteiger partial charge in [-0.15, -0.1) is 0 Å². The number of esters is 1. The normalized spacial score (nSPS) is 11.0. The molecule has 0 fully saturated rings. The van der Waals surface area contributed by atoms with Crippen molar-refractivity contribution >= 4 is 34.3 Å². The summed E-state index contributed by atoms with van der Waals surface area (Å²) in [4.78, 5) is 34.6. The highest BCUT2D eigenvalue weighted by Gasteiger charge is 2.27. The van der Waals surface area contributed by atoms with Crippen molar-refractivity contribution in [2.75, 3.05) is 17.7 Å². The van der Waals surface area contributed by atoms with E-state index in [4.69, 9.17) is 4.74 Å². The lowest BCUT2D eigenvalue weighted by molar-refractivity contribution is 0.0589. The van der Waals surface area contributed by atoms with E-state index in [2.05, 4.69) is 53.5 Å². The van der Waals surface area contributed by atoms with Gasteiger partial charge >= 0.3 is 5.97 Å². The van der Waals surface area contributed by atoms with Crippen LogP contribution in [0.15, 0.2) is 61.1 Å². The zero-order chi connectivity index (χ0) is 24.9. The van der Waals surface area contributed by atoms with Crippen LogP contribution in [0.4, 0.5) is 11.4 Å². The lowest BCUT2D eigenvalue weighted by Crippen LogP contribution is -2.18. The molecule has 0 atom stereocenters. The van der Waals surface area contributed by atoms with Gasteiger partial charge in [0, 0.05) is 30.9 Å². The number of hydrogen-bond donors (Lipinski definition) is 2. The number of amides is 1. The predicted octanol–water partition coefficient (Wildman–Crippen LogP) is 5.05. The van der Waals surface area contributed by atoms with Crippen molar-refractivity contribution in [3.8, 4) is 0 Å². The summed E-state index contributed by atoms with van der Waals surface area (Å²) in [6, 6.07) is 13.4. The number of aromatic nitrogens is 3. The van der Waals surface area contributed by atoms with E-state index >= 15 is 0 Å².